The number of sulfonamides is 1. The van der Waals surface area contributed by atoms with Crippen LogP contribution in [0.2, 0.25) is 0 Å². The zero-order chi connectivity index (χ0) is 23.7. The average molecular weight is 475 g/mol. The maximum absolute atomic E-state index is 13.0. The van der Waals surface area contributed by atoms with Crippen LogP contribution in [0.3, 0.4) is 0 Å². The van der Waals surface area contributed by atoms with E-state index in [-0.39, 0.29) is 23.8 Å². The van der Waals surface area contributed by atoms with Gasteiger partial charge in [-0.3, -0.25) is 14.3 Å². The molecule has 0 unspecified atom stereocenters. The molecule has 0 fully saturated rings. The van der Waals surface area contributed by atoms with Crippen LogP contribution < -0.4 is 10.0 Å². The molecule has 9 heteroatoms. The van der Waals surface area contributed by atoms with E-state index in [1.54, 1.807) is 12.1 Å². The van der Waals surface area contributed by atoms with Gasteiger partial charge in [-0.15, -0.1) is 0 Å². The Kier molecular flexibility index (Phi) is 8.59. The van der Waals surface area contributed by atoms with Gasteiger partial charge in [-0.2, -0.15) is 0 Å². The summed E-state index contributed by atoms with van der Waals surface area (Å²) in [6.45, 7) is 0.185. The van der Waals surface area contributed by atoms with Crippen molar-refractivity contribution in [3.63, 3.8) is 0 Å². The molecule has 0 atom stereocenters. The Morgan fingerprint density at radius 2 is 1.73 bits per heavy atom. The Labute approximate surface area is 193 Å². The average Bonchev–Trinajstić information content (AvgIpc) is 2.80. The topological polar surface area (TPSA) is 102 Å². The van der Waals surface area contributed by atoms with Gasteiger partial charge in [0.05, 0.1) is 11.3 Å². The summed E-state index contributed by atoms with van der Waals surface area (Å²) in [7, 11) is -3.86. The standard InChI is InChI=1S/C24H27FN2O5S/c25-20-8-12-22(13-9-20)33(30,31)27-21-10-6-19(7-11-21)16-24(29)32-17-23(28)26-15-14-18-4-2-1-3-5-18/h4,6-13,27H,1-3,5,14-17H2,(H,26,28). The molecule has 1 aliphatic rings. The van der Waals surface area contributed by atoms with Crippen molar-refractivity contribution in [1.29, 1.82) is 0 Å². The van der Waals surface area contributed by atoms with Gasteiger partial charge in [-0.05, 0) is 74.1 Å². The maximum Gasteiger partial charge on any atom is 0.310 e. The summed E-state index contributed by atoms with van der Waals surface area (Å²) >= 11 is 0. The number of carbonyl (C=O) groups is 2. The fourth-order valence-electron chi connectivity index (χ4n) is 3.43. The monoisotopic (exact) mass is 474 g/mol. The number of nitrogens with one attached hydrogen (secondary N) is 2. The molecule has 33 heavy (non-hydrogen) atoms. The summed E-state index contributed by atoms with van der Waals surface area (Å²) < 4.78 is 45.1. The predicted molar refractivity (Wildman–Crippen MR) is 122 cm³/mol. The molecule has 1 aliphatic carbocycles. The number of anilines is 1. The number of esters is 1. The summed E-state index contributed by atoms with van der Waals surface area (Å²) in [5, 5.41) is 2.75. The molecule has 0 heterocycles. The first-order valence-corrected chi connectivity index (χ1v) is 12.3. The van der Waals surface area contributed by atoms with E-state index in [0.717, 1.165) is 31.4 Å². The summed E-state index contributed by atoms with van der Waals surface area (Å²) in [6, 6.07) is 10.7. The van der Waals surface area contributed by atoms with Crippen LogP contribution >= 0.6 is 0 Å². The molecule has 0 saturated carbocycles. The second-order valence-corrected chi connectivity index (χ2v) is 9.48. The number of rotatable bonds is 10. The summed E-state index contributed by atoms with van der Waals surface area (Å²) in [5.74, 6) is -1.43. The van der Waals surface area contributed by atoms with Crippen LogP contribution in [-0.2, 0) is 30.8 Å². The summed E-state index contributed by atoms with van der Waals surface area (Å²) in [5.41, 5.74) is 2.26. The molecule has 1 amide bonds. The van der Waals surface area contributed by atoms with Gasteiger partial charge >= 0.3 is 5.97 Å². The van der Waals surface area contributed by atoms with Crippen molar-refractivity contribution in [2.24, 2.45) is 0 Å². The van der Waals surface area contributed by atoms with E-state index >= 15 is 0 Å². The number of ether oxygens (including phenoxy) is 1. The highest BCUT2D eigenvalue weighted by Gasteiger charge is 2.15. The van der Waals surface area contributed by atoms with Crippen LogP contribution in [0.1, 0.15) is 37.7 Å². The van der Waals surface area contributed by atoms with E-state index in [9.17, 15) is 22.4 Å². The fraction of sp³-hybridized carbons (Fsp3) is 0.333. The number of hydrogen-bond acceptors (Lipinski definition) is 5. The summed E-state index contributed by atoms with van der Waals surface area (Å²) in [4.78, 5) is 23.8. The lowest BCUT2D eigenvalue weighted by Gasteiger charge is -2.13. The van der Waals surface area contributed by atoms with Crippen molar-refractivity contribution in [3.8, 4) is 0 Å². The third-order valence-electron chi connectivity index (χ3n) is 5.20. The minimum Gasteiger partial charge on any atom is -0.455 e. The zero-order valence-corrected chi connectivity index (χ0v) is 19.0. The minimum atomic E-state index is -3.86. The number of halogens is 1. The molecule has 0 radical (unpaired) electrons. The first-order chi connectivity index (χ1) is 15.8. The van der Waals surface area contributed by atoms with Gasteiger partial charge < -0.3 is 10.1 Å². The Bertz CT molecular complexity index is 1100. The van der Waals surface area contributed by atoms with Crippen LogP contribution in [-0.4, -0.2) is 33.4 Å². The van der Waals surface area contributed by atoms with Gasteiger partial charge in [-0.1, -0.05) is 23.8 Å². The first-order valence-electron chi connectivity index (χ1n) is 10.8. The van der Waals surface area contributed by atoms with Crippen LogP contribution in [0.25, 0.3) is 0 Å². The number of amides is 1. The lowest BCUT2D eigenvalue weighted by molar-refractivity contribution is -0.147. The van der Waals surface area contributed by atoms with E-state index in [0.29, 0.717) is 17.8 Å². The van der Waals surface area contributed by atoms with Crippen molar-refractivity contribution in [2.75, 3.05) is 17.9 Å². The number of benzene rings is 2. The van der Waals surface area contributed by atoms with Crippen LogP contribution in [0.15, 0.2) is 65.1 Å². The zero-order valence-electron chi connectivity index (χ0n) is 18.2. The lowest BCUT2D eigenvalue weighted by Crippen LogP contribution is -2.30. The molecule has 2 aromatic rings. The number of hydrogen-bond donors (Lipinski definition) is 2. The van der Waals surface area contributed by atoms with Gasteiger partial charge in [0.2, 0.25) is 0 Å². The Hall–Kier alpha value is -3.20. The highest BCUT2D eigenvalue weighted by molar-refractivity contribution is 7.92. The van der Waals surface area contributed by atoms with E-state index < -0.39 is 21.8 Å². The van der Waals surface area contributed by atoms with Crippen molar-refractivity contribution in [2.45, 2.75) is 43.4 Å². The third-order valence-corrected chi connectivity index (χ3v) is 6.59. The minimum absolute atomic E-state index is 0.0504. The SMILES string of the molecule is O=C(COC(=O)Cc1ccc(NS(=O)(=O)c2ccc(F)cc2)cc1)NCCC1=CCCCC1. The summed E-state index contributed by atoms with van der Waals surface area (Å²) in [6.07, 6.45) is 7.59. The lowest BCUT2D eigenvalue weighted by atomic mass is 9.97. The first kappa shape index (κ1) is 24.4. The number of carbonyl (C=O) groups excluding carboxylic acids is 2. The molecule has 0 spiro atoms. The number of allylic oxidation sites excluding steroid dienone is 1. The van der Waals surface area contributed by atoms with Gasteiger partial charge in [0, 0.05) is 12.2 Å². The Morgan fingerprint density at radius 3 is 2.39 bits per heavy atom. The van der Waals surface area contributed by atoms with Gasteiger partial charge in [0.25, 0.3) is 15.9 Å². The Morgan fingerprint density at radius 1 is 1.00 bits per heavy atom. The van der Waals surface area contributed by atoms with Crippen molar-refractivity contribution in [1.82, 2.24) is 5.32 Å². The van der Waals surface area contributed by atoms with E-state index in [1.807, 2.05) is 0 Å². The molecule has 0 aliphatic heterocycles. The normalized spacial score (nSPS) is 13.7. The van der Waals surface area contributed by atoms with E-state index in [2.05, 4.69) is 16.1 Å². The smallest absolute Gasteiger partial charge is 0.310 e. The van der Waals surface area contributed by atoms with Gasteiger partial charge in [0.1, 0.15) is 5.82 Å². The maximum atomic E-state index is 13.0. The largest absolute Gasteiger partial charge is 0.455 e. The van der Waals surface area contributed by atoms with Gasteiger partial charge in [0.15, 0.2) is 6.61 Å². The molecule has 0 bridgehead atoms. The molecule has 2 aromatic carbocycles. The molecule has 3 rings (SSSR count). The van der Waals surface area contributed by atoms with Gasteiger partial charge in [-0.25, -0.2) is 12.8 Å². The third kappa shape index (κ3) is 8.02. The van der Waals surface area contributed by atoms with Crippen LogP contribution in [0.4, 0.5) is 10.1 Å². The van der Waals surface area contributed by atoms with Crippen molar-refractivity contribution >= 4 is 27.6 Å². The fourth-order valence-corrected chi connectivity index (χ4v) is 4.49. The second kappa shape index (κ2) is 11.6. The highest BCUT2D eigenvalue weighted by atomic mass is 32.2. The van der Waals surface area contributed by atoms with E-state index in [1.165, 1.54) is 42.7 Å². The van der Waals surface area contributed by atoms with Crippen molar-refractivity contribution < 1.29 is 27.1 Å². The second-order valence-electron chi connectivity index (χ2n) is 7.80. The Balaban J connectivity index is 1.40. The highest BCUT2D eigenvalue weighted by Crippen LogP contribution is 2.19. The molecular formula is C24H27FN2O5S. The van der Waals surface area contributed by atoms with Crippen molar-refractivity contribution in [3.05, 3.63) is 71.6 Å². The quantitative estimate of drug-likeness (QED) is 0.404. The molecular weight excluding hydrogens is 447 g/mol. The molecule has 7 nitrogen and oxygen atoms in total. The predicted octanol–water partition coefficient (Wildman–Crippen LogP) is 3.72. The van der Waals surface area contributed by atoms with Crippen LogP contribution in [0, 0.1) is 5.82 Å². The van der Waals surface area contributed by atoms with E-state index in [4.69, 9.17) is 4.74 Å². The molecule has 0 saturated heterocycles. The molecule has 2 N–H and O–H groups in total. The van der Waals surface area contributed by atoms with Crippen LogP contribution in [0.5, 0.6) is 0 Å². The molecule has 0 aromatic heterocycles. The molecule has 176 valence electrons.